The second kappa shape index (κ2) is 6.87. The smallest absolute Gasteiger partial charge is 0.232 e. The van der Waals surface area contributed by atoms with E-state index >= 15 is 0 Å². The number of sulfonamides is 1. The van der Waals surface area contributed by atoms with Gasteiger partial charge in [0.25, 0.3) is 0 Å². The van der Waals surface area contributed by atoms with Gasteiger partial charge in [0, 0.05) is 17.9 Å². The number of nitrogens with one attached hydrogen (secondary N) is 1. The van der Waals surface area contributed by atoms with E-state index < -0.39 is 10.0 Å². The Morgan fingerprint density at radius 1 is 1.27 bits per heavy atom. The molecule has 1 aliphatic heterocycles. The van der Waals surface area contributed by atoms with Gasteiger partial charge >= 0.3 is 0 Å². The van der Waals surface area contributed by atoms with E-state index in [1.807, 2.05) is 31.2 Å². The van der Waals surface area contributed by atoms with Gasteiger partial charge in [-0.2, -0.15) is 0 Å². The van der Waals surface area contributed by atoms with E-state index in [9.17, 15) is 8.42 Å². The maximum atomic E-state index is 11.9. The normalized spacial score (nSPS) is 18.2. The molecular weight excluding hydrogens is 300 g/mol. The zero-order valence-electron chi connectivity index (χ0n) is 13.6. The Hall–Kier alpha value is -1.27. The summed E-state index contributed by atoms with van der Waals surface area (Å²) in [4.78, 5) is 2.30. The molecule has 0 atom stereocenters. The fourth-order valence-electron chi connectivity index (χ4n) is 2.61. The average molecular weight is 326 g/mol. The first-order chi connectivity index (χ1) is 10.3. The number of hydrogen-bond donors (Lipinski definition) is 1. The van der Waals surface area contributed by atoms with Gasteiger partial charge < -0.3 is 9.64 Å². The number of benzene rings is 1. The highest BCUT2D eigenvalue weighted by atomic mass is 32.2. The van der Waals surface area contributed by atoms with Gasteiger partial charge in [-0.1, -0.05) is 13.3 Å². The van der Waals surface area contributed by atoms with E-state index in [0.29, 0.717) is 18.7 Å². The van der Waals surface area contributed by atoms with Crippen LogP contribution >= 0.6 is 0 Å². The van der Waals surface area contributed by atoms with E-state index in [-0.39, 0.29) is 11.3 Å². The number of anilines is 2. The Bertz CT molecular complexity index is 582. The van der Waals surface area contributed by atoms with Crippen LogP contribution in [0.15, 0.2) is 24.3 Å². The second-order valence-electron chi connectivity index (χ2n) is 6.34. The van der Waals surface area contributed by atoms with E-state index in [0.717, 1.165) is 25.3 Å². The van der Waals surface area contributed by atoms with Gasteiger partial charge in [-0.15, -0.1) is 0 Å². The summed E-state index contributed by atoms with van der Waals surface area (Å²) in [5.41, 5.74) is 1.65. The van der Waals surface area contributed by atoms with E-state index in [2.05, 4.69) is 23.5 Å². The third kappa shape index (κ3) is 4.36. The second-order valence-corrected chi connectivity index (χ2v) is 8.18. The summed E-state index contributed by atoms with van der Waals surface area (Å²) in [6.45, 7) is 8.53. The van der Waals surface area contributed by atoms with Gasteiger partial charge in [-0.05, 0) is 44.5 Å². The van der Waals surface area contributed by atoms with Gasteiger partial charge in [0.05, 0.1) is 24.5 Å². The lowest BCUT2D eigenvalue weighted by molar-refractivity contribution is 0.0644. The molecule has 124 valence electrons. The van der Waals surface area contributed by atoms with Crippen molar-refractivity contribution in [1.29, 1.82) is 0 Å². The third-order valence-electron chi connectivity index (χ3n) is 3.86. The number of hydrogen-bond acceptors (Lipinski definition) is 4. The van der Waals surface area contributed by atoms with Crippen LogP contribution in [0.2, 0.25) is 0 Å². The Morgan fingerprint density at radius 3 is 2.55 bits per heavy atom. The fraction of sp³-hybridized carbons (Fsp3) is 0.625. The molecule has 0 spiro atoms. The van der Waals surface area contributed by atoms with Crippen molar-refractivity contribution in [2.24, 2.45) is 0 Å². The molecule has 1 N–H and O–H groups in total. The molecule has 1 aromatic carbocycles. The summed E-state index contributed by atoms with van der Waals surface area (Å²) in [5.74, 6) is 0.168. The highest BCUT2D eigenvalue weighted by Crippen LogP contribution is 2.28. The number of ether oxygens (including phenoxy) is 1. The van der Waals surface area contributed by atoms with Gasteiger partial charge in [-0.3, -0.25) is 4.72 Å². The highest BCUT2D eigenvalue weighted by molar-refractivity contribution is 7.92. The van der Waals surface area contributed by atoms with Crippen LogP contribution in [0, 0.1) is 0 Å². The molecule has 0 amide bonds. The Kier molecular flexibility index (Phi) is 5.34. The van der Waals surface area contributed by atoms with E-state index in [1.165, 1.54) is 0 Å². The van der Waals surface area contributed by atoms with Crippen LogP contribution in [-0.4, -0.2) is 39.5 Å². The zero-order valence-corrected chi connectivity index (χ0v) is 14.4. The molecule has 0 radical (unpaired) electrons. The lowest BCUT2D eigenvalue weighted by Crippen LogP contribution is -2.53. The average Bonchev–Trinajstić information content (AvgIpc) is 2.46. The minimum Gasteiger partial charge on any atom is -0.377 e. The van der Waals surface area contributed by atoms with Crippen LogP contribution in [0.4, 0.5) is 11.4 Å². The molecule has 1 aliphatic rings. The molecule has 1 heterocycles. The SMILES string of the molecule is CCCCS(=O)(=O)Nc1ccc(N2CCOCC2(C)C)cc1. The Balaban J connectivity index is 2.07. The first-order valence-corrected chi connectivity index (χ1v) is 9.45. The van der Waals surface area contributed by atoms with Crippen molar-refractivity contribution in [3.05, 3.63) is 24.3 Å². The minimum atomic E-state index is -3.24. The lowest BCUT2D eigenvalue weighted by Gasteiger charge is -2.43. The zero-order chi connectivity index (χ0) is 16.2. The van der Waals surface area contributed by atoms with Gasteiger partial charge in [0.1, 0.15) is 0 Å². The molecule has 22 heavy (non-hydrogen) atoms. The predicted octanol–water partition coefficient (Wildman–Crippen LogP) is 2.84. The summed E-state index contributed by atoms with van der Waals surface area (Å²) in [6.07, 6.45) is 1.54. The summed E-state index contributed by atoms with van der Waals surface area (Å²) in [7, 11) is -3.24. The Labute approximate surface area is 133 Å². The standard InChI is InChI=1S/C16H26N2O3S/c1-4-5-12-22(19,20)17-14-6-8-15(9-7-14)18-10-11-21-13-16(18,2)3/h6-9,17H,4-5,10-13H2,1-3H3. The first kappa shape index (κ1) is 17.1. The van der Waals surface area contributed by atoms with Crippen LogP contribution in [0.25, 0.3) is 0 Å². The Morgan fingerprint density at radius 2 is 1.95 bits per heavy atom. The lowest BCUT2D eigenvalue weighted by atomic mass is 10.0. The van der Waals surface area contributed by atoms with Gasteiger partial charge in [0.2, 0.25) is 10.0 Å². The molecule has 0 saturated carbocycles. The summed E-state index contributed by atoms with van der Waals surface area (Å²) in [5, 5.41) is 0. The molecule has 6 heteroatoms. The van der Waals surface area contributed by atoms with Crippen molar-refractivity contribution in [2.45, 2.75) is 39.2 Å². The molecule has 0 unspecified atom stereocenters. The van der Waals surface area contributed by atoms with Crippen molar-refractivity contribution in [3.8, 4) is 0 Å². The maximum absolute atomic E-state index is 11.9. The molecule has 1 saturated heterocycles. The molecule has 5 nitrogen and oxygen atoms in total. The van der Waals surface area contributed by atoms with Crippen molar-refractivity contribution in [1.82, 2.24) is 0 Å². The van der Waals surface area contributed by atoms with Crippen LogP contribution in [0.1, 0.15) is 33.6 Å². The first-order valence-electron chi connectivity index (χ1n) is 7.80. The summed E-state index contributed by atoms with van der Waals surface area (Å²) in [6, 6.07) is 7.57. The summed E-state index contributed by atoms with van der Waals surface area (Å²) < 4.78 is 32.0. The highest BCUT2D eigenvalue weighted by Gasteiger charge is 2.30. The number of nitrogens with zero attached hydrogens (tertiary/aromatic N) is 1. The van der Waals surface area contributed by atoms with Crippen LogP contribution in [0.5, 0.6) is 0 Å². The largest absolute Gasteiger partial charge is 0.377 e. The molecular formula is C16H26N2O3S. The molecule has 1 aromatic rings. The molecule has 0 aliphatic carbocycles. The van der Waals surface area contributed by atoms with Crippen LogP contribution in [-0.2, 0) is 14.8 Å². The number of morpholine rings is 1. The van der Waals surface area contributed by atoms with E-state index in [1.54, 1.807) is 0 Å². The fourth-order valence-corrected chi connectivity index (χ4v) is 3.88. The van der Waals surface area contributed by atoms with Crippen molar-refractivity contribution < 1.29 is 13.2 Å². The van der Waals surface area contributed by atoms with Crippen LogP contribution in [0.3, 0.4) is 0 Å². The third-order valence-corrected chi connectivity index (χ3v) is 5.24. The van der Waals surface area contributed by atoms with Crippen molar-refractivity contribution in [3.63, 3.8) is 0 Å². The molecule has 2 rings (SSSR count). The molecule has 0 bridgehead atoms. The number of unbranched alkanes of at least 4 members (excludes halogenated alkanes) is 1. The van der Waals surface area contributed by atoms with Gasteiger partial charge in [0.15, 0.2) is 0 Å². The van der Waals surface area contributed by atoms with Crippen molar-refractivity contribution >= 4 is 21.4 Å². The maximum Gasteiger partial charge on any atom is 0.232 e. The summed E-state index contributed by atoms with van der Waals surface area (Å²) >= 11 is 0. The minimum absolute atomic E-state index is 0.0552. The van der Waals surface area contributed by atoms with E-state index in [4.69, 9.17) is 4.74 Å². The van der Waals surface area contributed by atoms with Crippen LogP contribution < -0.4 is 9.62 Å². The van der Waals surface area contributed by atoms with Crippen molar-refractivity contribution in [2.75, 3.05) is 35.1 Å². The molecule has 0 aromatic heterocycles. The van der Waals surface area contributed by atoms with Gasteiger partial charge in [-0.25, -0.2) is 8.42 Å². The predicted molar refractivity (Wildman–Crippen MR) is 91.0 cm³/mol. The quantitative estimate of drug-likeness (QED) is 0.873. The number of rotatable bonds is 6. The monoisotopic (exact) mass is 326 g/mol. The molecule has 1 fully saturated rings. The topological polar surface area (TPSA) is 58.6 Å².